The Morgan fingerprint density at radius 2 is 2.17 bits per heavy atom. The number of carbonyl (C=O) groups excluding carboxylic acids is 1. The van der Waals surface area contributed by atoms with Crippen LogP contribution in [0, 0.1) is 0 Å². The van der Waals surface area contributed by atoms with Gasteiger partial charge in [-0.25, -0.2) is 9.97 Å². The summed E-state index contributed by atoms with van der Waals surface area (Å²) >= 11 is 0. The van der Waals surface area contributed by atoms with Crippen LogP contribution in [0.15, 0.2) is 36.7 Å². The van der Waals surface area contributed by atoms with Gasteiger partial charge in [0.2, 0.25) is 0 Å². The van der Waals surface area contributed by atoms with Gasteiger partial charge in [0.15, 0.2) is 0 Å². The molecule has 1 atom stereocenters. The lowest BCUT2D eigenvalue weighted by molar-refractivity contribution is -0.141. The third-order valence-electron chi connectivity index (χ3n) is 4.74. The summed E-state index contributed by atoms with van der Waals surface area (Å²) < 4.78 is 51.4. The highest BCUT2D eigenvalue weighted by atomic mass is 19.4. The minimum Gasteiger partial charge on any atom is -0.491 e. The van der Waals surface area contributed by atoms with Crippen LogP contribution in [0.1, 0.15) is 41.1 Å². The number of hydrogen-bond acceptors (Lipinski definition) is 5. The predicted octanol–water partition coefficient (Wildman–Crippen LogP) is 3.90. The van der Waals surface area contributed by atoms with Gasteiger partial charge in [-0.2, -0.15) is 13.2 Å². The Morgan fingerprint density at radius 1 is 1.33 bits per heavy atom. The number of ether oxygens (including phenoxy) is 2. The summed E-state index contributed by atoms with van der Waals surface area (Å²) in [5.74, 6) is -0.205. The zero-order chi connectivity index (χ0) is 21.3. The Morgan fingerprint density at radius 3 is 2.87 bits per heavy atom. The molecule has 1 aliphatic heterocycles. The zero-order valence-corrected chi connectivity index (χ0v) is 16.1. The van der Waals surface area contributed by atoms with Crippen molar-refractivity contribution in [1.29, 1.82) is 0 Å². The zero-order valence-electron chi connectivity index (χ0n) is 16.1. The standard InChI is InChI=1S/C20H19F3N4O3/c1-2-30-16-8-18-25-14(12-6-7-29-11-12)9-27(18)10-15(16)26-19(28)13-4-3-5-17(24-13)20(21,22)23/h3-5,8-10,12H,2,6-7,11H2,1H3,(H,26,28). The number of hydrogen-bond donors (Lipinski definition) is 1. The number of aromatic nitrogens is 3. The van der Waals surface area contributed by atoms with Crippen LogP contribution in [0.3, 0.4) is 0 Å². The Balaban J connectivity index is 1.65. The van der Waals surface area contributed by atoms with Gasteiger partial charge in [0.1, 0.15) is 28.5 Å². The second kappa shape index (κ2) is 7.94. The predicted molar refractivity (Wildman–Crippen MR) is 102 cm³/mol. The molecule has 1 N–H and O–H groups in total. The number of fused-ring (bicyclic) bond motifs is 1. The normalized spacial score (nSPS) is 16.7. The topological polar surface area (TPSA) is 77.8 Å². The maximum absolute atomic E-state index is 12.9. The van der Waals surface area contributed by atoms with Gasteiger partial charge >= 0.3 is 6.18 Å². The number of anilines is 1. The van der Waals surface area contributed by atoms with Crippen molar-refractivity contribution >= 4 is 17.2 Å². The summed E-state index contributed by atoms with van der Waals surface area (Å²) in [6.45, 7) is 3.42. The molecule has 3 aromatic rings. The van der Waals surface area contributed by atoms with Gasteiger partial charge in [0.05, 0.1) is 18.9 Å². The van der Waals surface area contributed by atoms with Crippen molar-refractivity contribution < 1.29 is 27.4 Å². The van der Waals surface area contributed by atoms with Crippen molar-refractivity contribution in [2.45, 2.75) is 25.4 Å². The summed E-state index contributed by atoms with van der Waals surface area (Å²) in [6.07, 6.45) is -0.281. The fraction of sp³-hybridized carbons (Fsp3) is 0.350. The van der Waals surface area contributed by atoms with Crippen molar-refractivity contribution in [3.63, 3.8) is 0 Å². The van der Waals surface area contributed by atoms with Gasteiger partial charge in [-0.1, -0.05) is 6.07 Å². The summed E-state index contributed by atoms with van der Waals surface area (Å²) in [7, 11) is 0. The fourth-order valence-corrected chi connectivity index (χ4v) is 3.27. The summed E-state index contributed by atoms with van der Waals surface area (Å²) in [5.41, 5.74) is 0.337. The molecule has 1 unspecified atom stereocenters. The quantitative estimate of drug-likeness (QED) is 0.677. The average Bonchev–Trinajstić information content (AvgIpc) is 3.37. The molecule has 4 heterocycles. The van der Waals surface area contributed by atoms with Crippen LogP contribution < -0.4 is 10.1 Å². The van der Waals surface area contributed by atoms with E-state index in [2.05, 4.69) is 15.3 Å². The van der Waals surface area contributed by atoms with Crippen LogP contribution in [0.5, 0.6) is 5.75 Å². The van der Waals surface area contributed by atoms with Crippen molar-refractivity contribution in [3.05, 3.63) is 53.7 Å². The number of carbonyl (C=O) groups is 1. The number of halogens is 3. The van der Waals surface area contributed by atoms with Gasteiger partial charge in [0, 0.05) is 31.0 Å². The molecule has 0 aliphatic carbocycles. The molecule has 0 radical (unpaired) electrons. The van der Waals surface area contributed by atoms with E-state index in [-0.39, 0.29) is 11.6 Å². The van der Waals surface area contributed by atoms with E-state index in [1.54, 1.807) is 23.6 Å². The molecular formula is C20H19F3N4O3. The minimum atomic E-state index is -4.64. The molecule has 7 nitrogen and oxygen atoms in total. The SMILES string of the molecule is CCOc1cc2nc(C3CCOC3)cn2cc1NC(=O)c1cccc(C(F)(F)F)n1. The van der Waals surface area contributed by atoms with E-state index in [1.165, 1.54) is 6.07 Å². The van der Waals surface area contributed by atoms with E-state index in [4.69, 9.17) is 9.47 Å². The third-order valence-corrected chi connectivity index (χ3v) is 4.74. The van der Waals surface area contributed by atoms with Crippen molar-refractivity contribution in [3.8, 4) is 5.75 Å². The van der Waals surface area contributed by atoms with Crippen LogP contribution >= 0.6 is 0 Å². The van der Waals surface area contributed by atoms with E-state index < -0.39 is 17.8 Å². The molecule has 1 fully saturated rings. The Hall–Kier alpha value is -3.14. The van der Waals surface area contributed by atoms with E-state index in [9.17, 15) is 18.0 Å². The van der Waals surface area contributed by atoms with Gasteiger partial charge in [-0.05, 0) is 25.5 Å². The smallest absolute Gasteiger partial charge is 0.433 e. The number of imidazole rings is 1. The number of rotatable bonds is 5. The summed E-state index contributed by atoms with van der Waals surface area (Å²) in [6, 6.07) is 4.86. The first kappa shape index (κ1) is 20.1. The lowest BCUT2D eigenvalue weighted by Gasteiger charge is -2.12. The van der Waals surface area contributed by atoms with Crippen molar-refractivity contribution in [2.75, 3.05) is 25.1 Å². The maximum atomic E-state index is 12.9. The highest BCUT2D eigenvalue weighted by Gasteiger charge is 2.33. The van der Waals surface area contributed by atoms with E-state index in [1.807, 2.05) is 6.20 Å². The molecule has 1 saturated heterocycles. The second-order valence-corrected chi connectivity index (χ2v) is 6.84. The molecule has 4 rings (SSSR count). The Bertz CT molecular complexity index is 1070. The van der Waals surface area contributed by atoms with Gasteiger partial charge in [-0.15, -0.1) is 0 Å². The molecule has 0 bridgehead atoms. The van der Waals surface area contributed by atoms with Crippen LogP contribution in [-0.4, -0.2) is 40.1 Å². The maximum Gasteiger partial charge on any atom is 0.433 e. The van der Waals surface area contributed by atoms with E-state index >= 15 is 0 Å². The van der Waals surface area contributed by atoms with Gasteiger partial charge in [-0.3, -0.25) is 4.79 Å². The highest BCUT2D eigenvalue weighted by Crippen LogP contribution is 2.31. The molecule has 1 amide bonds. The molecule has 10 heteroatoms. The van der Waals surface area contributed by atoms with E-state index in [0.29, 0.717) is 36.9 Å². The number of alkyl halides is 3. The van der Waals surface area contributed by atoms with Gasteiger partial charge < -0.3 is 19.2 Å². The van der Waals surface area contributed by atoms with Crippen LogP contribution in [0.4, 0.5) is 18.9 Å². The average molecular weight is 420 g/mol. The third kappa shape index (κ3) is 4.09. The molecule has 0 aromatic carbocycles. The van der Waals surface area contributed by atoms with Crippen LogP contribution in [-0.2, 0) is 10.9 Å². The molecular weight excluding hydrogens is 401 g/mol. The number of pyridine rings is 2. The molecule has 0 saturated carbocycles. The molecule has 158 valence electrons. The van der Waals surface area contributed by atoms with Crippen molar-refractivity contribution in [2.24, 2.45) is 0 Å². The van der Waals surface area contributed by atoms with Crippen LogP contribution in [0.25, 0.3) is 5.65 Å². The second-order valence-electron chi connectivity index (χ2n) is 6.84. The Kier molecular flexibility index (Phi) is 5.33. The van der Waals surface area contributed by atoms with E-state index in [0.717, 1.165) is 24.2 Å². The monoisotopic (exact) mass is 420 g/mol. The molecule has 3 aromatic heterocycles. The molecule has 0 spiro atoms. The largest absolute Gasteiger partial charge is 0.491 e. The summed E-state index contributed by atoms with van der Waals surface area (Å²) in [4.78, 5) is 20.6. The Labute approximate surface area is 169 Å². The highest BCUT2D eigenvalue weighted by molar-refractivity contribution is 6.03. The van der Waals surface area contributed by atoms with Crippen LogP contribution in [0.2, 0.25) is 0 Å². The number of amides is 1. The molecule has 30 heavy (non-hydrogen) atoms. The number of nitrogens with zero attached hydrogens (tertiary/aromatic N) is 3. The fourth-order valence-electron chi connectivity index (χ4n) is 3.27. The first-order valence-electron chi connectivity index (χ1n) is 9.44. The lowest BCUT2D eigenvalue weighted by atomic mass is 10.1. The lowest BCUT2D eigenvalue weighted by Crippen LogP contribution is -2.17. The minimum absolute atomic E-state index is 0.202. The van der Waals surface area contributed by atoms with Gasteiger partial charge in [0.25, 0.3) is 5.91 Å². The molecule has 1 aliphatic rings. The van der Waals surface area contributed by atoms with Crippen molar-refractivity contribution in [1.82, 2.24) is 14.4 Å². The number of nitrogens with one attached hydrogen (secondary N) is 1. The summed E-state index contributed by atoms with van der Waals surface area (Å²) in [5, 5.41) is 2.59. The first-order chi connectivity index (χ1) is 14.3. The first-order valence-corrected chi connectivity index (χ1v) is 9.44.